The van der Waals surface area contributed by atoms with E-state index in [9.17, 15) is 9.59 Å². The van der Waals surface area contributed by atoms with Crippen LogP contribution in [0.4, 0.5) is 0 Å². The van der Waals surface area contributed by atoms with Crippen LogP contribution in [0.15, 0.2) is 24.3 Å². The fourth-order valence-corrected chi connectivity index (χ4v) is 3.46. The number of nitrogens with zero attached hydrogens (tertiary/aromatic N) is 1. The minimum atomic E-state index is -0.286. The summed E-state index contributed by atoms with van der Waals surface area (Å²) in [4.78, 5) is 25.6. The lowest BCUT2D eigenvalue weighted by Gasteiger charge is -2.40. The van der Waals surface area contributed by atoms with Crippen LogP contribution in [0.5, 0.6) is 0 Å². The van der Waals surface area contributed by atoms with Crippen molar-refractivity contribution in [2.75, 3.05) is 6.54 Å². The van der Waals surface area contributed by atoms with Gasteiger partial charge in [0.05, 0.1) is 12.0 Å². The summed E-state index contributed by atoms with van der Waals surface area (Å²) in [5, 5.41) is 0. The molecule has 106 valence electrons. The number of piperidine rings is 1. The van der Waals surface area contributed by atoms with Gasteiger partial charge in [-0.05, 0) is 36.8 Å². The topological polar surface area (TPSA) is 63.4 Å². The number of hydrogen-bond acceptors (Lipinski definition) is 2. The molecule has 1 aliphatic carbocycles. The lowest BCUT2D eigenvalue weighted by molar-refractivity contribution is -0.140. The second-order valence-electron chi connectivity index (χ2n) is 5.79. The minimum Gasteiger partial charge on any atom is -0.369 e. The van der Waals surface area contributed by atoms with Gasteiger partial charge in [0.15, 0.2) is 0 Å². The first-order valence-corrected chi connectivity index (χ1v) is 7.33. The number of fused-ring (bicyclic) bond motifs is 1. The van der Waals surface area contributed by atoms with Gasteiger partial charge in [-0.15, -0.1) is 0 Å². The van der Waals surface area contributed by atoms with Crippen molar-refractivity contribution in [3.8, 4) is 0 Å². The predicted molar refractivity (Wildman–Crippen MR) is 75.8 cm³/mol. The number of aryl methyl sites for hydroxylation is 1. The van der Waals surface area contributed by atoms with E-state index in [4.69, 9.17) is 5.73 Å². The summed E-state index contributed by atoms with van der Waals surface area (Å²) in [6.45, 7) is 0.479. The number of rotatable bonds is 2. The Morgan fingerprint density at radius 3 is 2.80 bits per heavy atom. The first-order valence-electron chi connectivity index (χ1n) is 7.33. The van der Waals surface area contributed by atoms with Crippen LogP contribution in [0.3, 0.4) is 0 Å². The minimum absolute atomic E-state index is 0.120. The van der Waals surface area contributed by atoms with Crippen LogP contribution in [0.2, 0.25) is 0 Å². The molecule has 1 aromatic rings. The summed E-state index contributed by atoms with van der Waals surface area (Å²) in [5.74, 6) is -0.322. The van der Waals surface area contributed by atoms with E-state index in [1.807, 2.05) is 17.0 Å². The summed E-state index contributed by atoms with van der Waals surface area (Å²) >= 11 is 0. The Kier molecular flexibility index (Phi) is 3.47. The molecule has 2 N–H and O–H groups in total. The quantitative estimate of drug-likeness (QED) is 0.892. The van der Waals surface area contributed by atoms with Crippen molar-refractivity contribution in [2.24, 2.45) is 11.7 Å². The molecule has 1 saturated heterocycles. The van der Waals surface area contributed by atoms with E-state index >= 15 is 0 Å². The van der Waals surface area contributed by atoms with Crippen molar-refractivity contribution in [1.29, 1.82) is 0 Å². The highest BCUT2D eigenvalue weighted by molar-refractivity contribution is 5.83. The number of amides is 2. The largest absolute Gasteiger partial charge is 0.369 e. The summed E-state index contributed by atoms with van der Waals surface area (Å²) in [6.07, 6.45) is 4.18. The molecule has 1 aliphatic heterocycles. The van der Waals surface area contributed by atoms with Crippen LogP contribution in [-0.2, 0) is 16.0 Å². The SMILES string of the molecule is NC(=O)[C@@H]1CCC(=O)N([C@@H]2CCCc3ccccc32)C1. The van der Waals surface area contributed by atoms with Gasteiger partial charge in [-0.2, -0.15) is 0 Å². The fraction of sp³-hybridized carbons (Fsp3) is 0.500. The lowest BCUT2D eigenvalue weighted by Crippen LogP contribution is -2.46. The second-order valence-corrected chi connectivity index (χ2v) is 5.79. The zero-order chi connectivity index (χ0) is 14.1. The first kappa shape index (κ1) is 13.2. The zero-order valence-corrected chi connectivity index (χ0v) is 11.5. The molecular formula is C16H20N2O2. The molecule has 1 heterocycles. The molecule has 0 unspecified atom stereocenters. The molecular weight excluding hydrogens is 252 g/mol. The molecule has 1 fully saturated rings. The highest BCUT2D eigenvalue weighted by Crippen LogP contribution is 2.36. The Balaban J connectivity index is 1.88. The van der Waals surface area contributed by atoms with Crippen LogP contribution >= 0.6 is 0 Å². The molecule has 2 atom stereocenters. The van der Waals surface area contributed by atoms with Gasteiger partial charge in [0.1, 0.15) is 0 Å². The van der Waals surface area contributed by atoms with Gasteiger partial charge in [-0.3, -0.25) is 9.59 Å². The Hall–Kier alpha value is -1.84. The Bertz CT molecular complexity index is 541. The van der Waals surface area contributed by atoms with E-state index < -0.39 is 0 Å². The van der Waals surface area contributed by atoms with Gasteiger partial charge in [0, 0.05) is 13.0 Å². The van der Waals surface area contributed by atoms with Gasteiger partial charge >= 0.3 is 0 Å². The van der Waals surface area contributed by atoms with Crippen LogP contribution in [-0.4, -0.2) is 23.3 Å². The van der Waals surface area contributed by atoms with E-state index in [-0.39, 0.29) is 23.8 Å². The molecule has 3 rings (SSSR count). The smallest absolute Gasteiger partial charge is 0.223 e. The monoisotopic (exact) mass is 272 g/mol. The Morgan fingerprint density at radius 1 is 1.20 bits per heavy atom. The van der Waals surface area contributed by atoms with E-state index in [1.54, 1.807) is 0 Å². The van der Waals surface area contributed by atoms with Crippen LogP contribution in [0.25, 0.3) is 0 Å². The number of hydrogen-bond donors (Lipinski definition) is 1. The summed E-state index contributed by atoms with van der Waals surface area (Å²) in [7, 11) is 0. The standard InChI is InChI=1S/C16H20N2O2/c17-16(20)12-8-9-15(19)18(10-12)14-7-3-5-11-4-1-2-6-13(11)14/h1-2,4,6,12,14H,3,5,7-10H2,(H2,17,20)/t12-,14-/m1/s1. The average Bonchev–Trinajstić information content (AvgIpc) is 2.47. The van der Waals surface area contributed by atoms with E-state index in [0.717, 1.165) is 19.3 Å². The van der Waals surface area contributed by atoms with Crippen molar-refractivity contribution in [2.45, 2.75) is 38.1 Å². The molecule has 0 bridgehead atoms. The summed E-state index contributed by atoms with van der Waals surface area (Å²) < 4.78 is 0. The normalized spacial score (nSPS) is 26.2. The van der Waals surface area contributed by atoms with E-state index in [0.29, 0.717) is 19.4 Å². The van der Waals surface area contributed by atoms with Crippen molar-refractivity contribution in [3.63, 3.8) is 0 Å². The molecule has 20 heavy (non-hydrogen) atoms. The number of benzene rings is 1. The van der Waals surface area contributed by atoms with E-state index in [2.05, 4.69) is 12.1 Å². The first-order chi connectivity index (χ1) is 9.66. The van der Waals surface area contributed by atoms with Gasteiger partial charge in [-0.1, -0.05) is 24.3 Å². The van der Waals surface area contributed by atoms with Gasteiger partial charge in [-0.25, -0.2) is 0 Å². The van der Waals surface area contributed by atoms with E-state index in [1.165, 1.54) is 11.1 Å². The van der Waals surface area contributed by atoms with Gasteiger partial charge in [0.25, 0.3) is 0 Å². The highest BCUT2D eigenvalue weighted by atomic mass is 16.2. The second kappa shape index (κ2) is 5.27. The van der Waals surface area contributed by atoms with Crippen molar-refractivity contribution in [1.82, 2.24) is 4.90 Å². The lowest BCUT2D eigenvalue weighted by atomic mass is 9.85. The average molecular weight is 272 g/mol. The summed E-state index contributed by atoms with van der Waals surface area (Å²) in [6, 6.07) is 8.44. The molecule has 0 radical (unpaired) electrons. The Labute approximate surface area is 118 Å². The number of nitrogens with two attached hydrogens (primary N) is 1. The predicted octanol–water partition coefficient (Wildman–Crippen LogP) is 1.79. The molecule has 0 saturated carbocycles. The number of carbonyl (C=O) groups is 2. The maximum absolute atomic E-state index is 12.2. The van der Waals surface area contributed by atoms with Crippen LogP contribution in [0, 0.1) is 5.92 Å². The Morgan fingerprint density at radius 2 is 2.00 bits per heavy atom. The molecule has 1 aromatic carbocycles. The van der Waals surface area contributed by atoms with Crippen molar-refractivity contribution in [3.05, 3.63) is 35.4 Å². The molecule has 2 amide bonds. The van der Waals surface area contributed by atoms with Gasteiger partial charge < -0.3 is 10.6 Å². The maximum atomic E-state index is 12.2. The third-order valence-corrected chi connectivity index (χ3v) is 4.56. The number of primary amides is 1. The maximum Gasteiger partial charge on any atom is 0.223 e. The zero-order valence-electron chi connectivity index (χ0n) is 11.5. The third kappa shape index (κ3) is 2.30. The van der Waals surface area contributed by atoms with Crippen LogP contribution < -0.4 is 5.73 Å². The van der Waals surface area contributed by atoms with Crippen LogP contribution in [0.1, 0.15) is 42.9 Å². The van der Waals surface area contributed by atoms with Crippen molar-refractivity contribution < 1.29 is 9.59 Å². The molecule has 4 heteroatoms. The molecule has 0 aromatic heterocycles. The summed E-state index contributed by atoms with van der Waals surface area (Å²) in [5.41, 5.74) is 8.00. The highest BCUT2D eigenvalue weighted by Gasteiger charge is 2.35. The molecule has 2 aliphatic rings. The third-order valence-electron chi connectivity index (χ3n) is 4.56. The molecule has 4 nitrogen and oxygen atoms in total. The number of carbonyl (C=O) groups excluding carboxylic acids is 2. The van der Waals surface area contributed by atoms with Gasteiger partial charge in [0.2, 0.25) is 11.8 Å². The molecule has 0 spiro atoms. The fourth-order valence-electron chi connectivity index (χ4n) is 3.46. The number of likely N-dealkylation sites (tertiary alicyclic amines) is 1. The van der Waals surface area contributed by atoms with Crippen molar-refractivity contribution >= 4 is 11.8 Å².